The van der Waals surface area contributed by atoms with Crippen molar-refractivity contribution in [2.75, 3.05) is 6.54 Å². The summed E-state index contributed by atoms with van der Waals surface area (Å²) in [6, 6.07) is 9.14. The molecule has 2 N–H and O–H groups in total. The van der Waals surface area contributed by atoms with Crippen molar-refractivity contribution >= 4 is 0 Å². The van der Waals surface area contributed by atoms with Crippen molar-refractivity contribution < 1.29 is 0 Å². The molecule has 16 heavy (non-hydrogen) atoms. The first-order chi connectivity index (χ1) is 7.54. The zero-order chi connectivity index (χ0) is 11.8. The van der Waals surface area contributed by atoms with Gasteiger partial charge in [0.25, 0.3) is 0 Å². The second-order valence-electron chi connectivity index (χ2n) is 5.80. The van der Waals surface area contributed by atoms with Crippen LogP contribution < -0.4 is 5.73 Å². The van der Waals surface area contributed by atoms with Crippen LogP contribution in [0.15, 0.2) is 24.3 Å². The lowest BCUT2D eigenvalue weighted by Crippen LogP contribution is -2.20. The van der Waals surface area contributed by atoms with Gasteiger partial charge in [-0.1, -0.05) is 45.0 Å². The number of nitrogens with two attached hydrogens (primary N) is 1. The van der Waals surface area contributed by atoms with E-state index in [0.717, 1.165) is 6.54 Å². The normalized spacial score (nSPS) is 18.5. The third kappa shape index (κ3) is 1.89. The van der Waals surface area contributed by atoms with Gasteiger partial charge < -0.3 is 5.73 Å². The lowest BCUT2D eigenvalue weighted by molar-refractivity contribution is 0.506. The first kappa shape index (κ1) is 11.7. The summed E-state index contributed by atoms with van der Waals surface area (Å²) >= 11 is 0. The summed E-state index contributed by atoms with van der Waals surface area (Å²) in [5.74, 6) is 0. The van der Waals surface area contributed by atoms with Crippen molar-refractivity contribution in [3.8, 4) is 0 Å². The number of hydrogen-bond donors (Lipinski definition) is 1. The van der Waals surface area contributed by atoms with Gasteiger partial charge in [-0.25, -0.2) is 0 Å². The Morgan fingerprint density at radius 3 is 2.12 bits per heavy atom. The smallest absolute Gasteiger partial charge is 0.00762 e. The van der Waals surface area contributed by atoms with Gasteiger partial charge in [-0.05, 0) is 35.8 Å². The number of benzene rings is 1. The summed E-state index contributed by atoms with van der Waals surface area (Å²) in [6.45, 7) is 7.65. The summed E-state index contributed by atoms with van der Waals surface area (Å²) in [5, 5.41) is 0. The maximum atomic E-state index is 5.85. The summed E-state index contributed by atoms with van der Waals surface area (Å²) in [6.07, 6.45) is 3.70. The molecule has 1 nitrogen and oxygen atoms in total. The van der Waals surface area contributed by atoms with E-state index < -0.39 is 0 Å². The van der Waals surface area contributed by atoms with Crippen molar-refractivity contribution in [3.05, 3.63) is 35.4 Å². The van der Waals surface area contributed by atoms with Gasteiger partial charge in [0.2, 0.25) is 0 Å². The monoisotopic (exact) mass is 217 g/mol. The van der Waals surface area contributed by atoms with Gasteiger partial charge in [0, 0.05) is 12.0 Å². The van der Waals surface area contributed by atoms with E-state index in [-0.39, 0.29) is 5.41 Å². The van der Waals surface area contributed by atoms with Crippen molar-refractivity contribution in [3.63, 3.8) is 0 Å². The number of hydrogen-bond acceptors (Lipinski definition) is 1. The quantitative estimate of drug-likeness (QED) is 0.822. The molecular weight excluding hydrogens is 194 g/mol. The molecule has 1 aromatic carbocycles. The minimum Gasteiger partial charge on any atom is -0.330 e. The van der Waals surface area contributed by atoms with Crippen LogP contribution in [0.3, 0.4) is 0 Å². The van der Waals surface area contributed by atoms with Gasteiger partial charge in [-0.2, -0.15) is 0 Å². The molecule has 1 saturated carbocycles. The van der Waals surface area contributed by atoms with Crippen molar-refractivity contribution in [2.45, 2.75) is 50.9 Å². The largest absolute Gasteiger partial charge is 0.330 e. The van der Waals surface area contributed by atoms with Crippen molar-refractivity contribution in [1.82, 2.24) is 0 Å². The van der Waals surface area contributed by atoms with Crippen LogP contribution in [0.2, 0.25) is 0 Å². The Labute approximate surface area is 99.0 Å². The molecule has 0 amide bonds. The molecule has 0 atom stereocenters. The molecule has 2 rings (SSSR count). The molecule has 0 saturated heterocycles. The predicted octanol–water partition coefficient (Wildman–Crippen LogP) is 3.36. The van der Waals surface area contributed by atoms with Crippen LogP contribution in [0.1, 0.15) is 51.2 Å². The van der Waals surface area contributed by atoms with Gasteiger partial charge in [0.05, 0.1) is 0 Å². The van der Waals surface area contributed by atoms with Crippen LogP contribution in [-0.2, 0) is 10.8 Å². The van der Waals surface area contributed by atoms with Crippen LogP contribution >= 0.6 is 0 Å². The second kappa shape index (κ2) is 3.89. The zero-order valence-corrected chi connectivity index (χ0v) is 10.7. The topological polar surface area (TPSA) is 26.0 Å². The first-order valence-electron chi connectivity index (χ1n) is 6.35. The Hall–Kier alpha value is -0.820. The van der Waals surface area contributed by atoms with Crippen molar-refractivity contribution in [2.24, 2.45) is 5.73 Å². The second-order valence-corrected chi connectivity index (χ2v) is 5.80. The van der Waals surface area contributed by atoms with Crippen LogP contribution in [0.5, 0.6) is 0 Å². The van der Waals surface area contributed by atoms with E-state index in [1.807, 2.05) is 0 Å². The zero-order valence-electron chi connectivity index (χ0n) is 10.7. The molecule has 1 aromatic rings. The molecule has 0 heterocycles. The van der Waals surface area contributed by atoms with Gasteiger partial charge in [-0.3, -0.25) is 0 Å². The van der Waals surface area contributed by atoms with E-state index in [9.17, 15) is 0 Å². The SMILES string of the molecule is CCC(C)(C)c1ccc(C2(CN)CC2)cc1. The van der Waals surface area contributed by atoms with Gasteiger partial charge in [0.15, 0.2) is 0 Å². The van der Waals surface area contributed by atoms with E-state index in [4.69, 9.17) is 5.73 Å². The highest BCUT2D eigenvalue weighted by molar-refractivity contribution is 5.36. The highest BCUT2D eigenvalue weighted by Crippen LogP contribution is 2.47. The molecule has 0 bridgehead atoms. The molecule has 0 unspecified atom stereocenters. The Balaban J connectivity index is 2.23. The van der Waals surface area contributed by atoms with Gasteiger partial charge in [0.1, 0.15) is 0 Å². The lowest BCUT2D eigenvalue weighted by Gasteiger charge is -2.24. The summed E-state index contributed by atoms with van der Waals surface area (Å²) in [5.41, 5.74) is 9.34. The summed E-state index contributed by atoms with van der Waals surface area (Å²) < 4.78 is 0. The Morgan fingerprint density at radius 2 is 1.75 bits per heavy atom. The molecule has 0 aromatic heterocycles. The Kier molecular flexibility index (Phi) is 2.83. The fourth-order valence-electron chi connectivity index (χ4n) is 2.24. The first-order valence-corrected chi connectivity index (χ1v) is 6.35. The fourth-order valence-corrected chi connectivity index (χ4v) is 2.24. The average molecular weight is 217 g/mol. The van der Waals surface area contributed by atoms with Gasteiger partial charge >= 0.3 is 0 Å². The highest BCUT2D eigenvalue weighted by Gasteiger charge is 2.42. The van der Waals surface area contributed by atoms with E-state index >= 15 is 0 Å². The fraction of sp³-hybridized carbons (Fsp3) is 0.600. The molecule has 1 aliphatic carbocycles. The van der Waals surface area contributed by atoms with Crippen LogP contribution in [0, 0.1) is 0 Å². The highest BCUT2D eigenvalue weighted by atomic mass is 14.7. The van der Waals surface area contributed by atoms with E-state index in [2.05, 4.69) is 45.0 Å². The van der Waals surface area contributed by atoms with Gasteiger partial charge in [-0.15, -0.1) is 0 Å². The lowest BCUT2D eigenvalue weighted by atomic mass is 9.81. The summed E-state index contributed by atoms with van der Waals surface area (Å²) in [4.78, 5) is 0. The molecular formula is C15H23N. The molecule has 0 aliphatic heterocycles. The minimum absolute atomic E-state index is 0.290. The van der Waals surface area contributed by atoms with Crippen LogP contribution in [0.25, 0.3) is 0 Å². The molecule has 1 aliphatic rings. The summed E-state index contributed by atoms with van der Waals surface area (Å²) in [7, 11) is 0. The van der Waals surface area contributed by atoms with Crippen LogP contribution in [0.4, 0.5) is 0 Å². The van der Waals surface area contributed by atoms with E-state index in [1.54, 1.807) is 0 Å². The number of rotatable bonds is 4. The van der Waals surface area contributed by atoms with Crippen molar-refractivity contribution in [1.29, 1.82) is 0 Å². The Morgan fingerprint density at radius 1 is 1.19 bits per heavy atom. The molecule has 1 heteroatoms. The third-order valence-corrected chi connectivity index (χ3v) is 4.41. The van der Waals surface area contributed by atoms with Crippen LogP contribution in [-0.4, -0.2) is 6.54 Å². The molecule has 0 radical (unpaired) electrons. The Bertz CT molecular complexity index is 333. The maximum absolute atomic E-state index is 5.85. The third-order valence-electron chi connectivity index (χ3n) is 4.41. The maximum Gasteiger partial charge on any atom is 0.00762 e. The standard InChI is InChI=1S/C15H23N/c1-4-14(2,3)12-5-7-13(8-6-12)15(11-16)9-10-15/h5-8H,4,9-11,16H2,1-3H3. The minimum atomic E-state index is 0.290. The molecule has 0 spiro atoms. The average Bonchev–Trinajstić information content (AvgIpc) is 3.10. The molecule has 88 valence electrons. The predicted molar refractivity (Wildman–Crippen MR) is 69.7 cm³/mol. The molecule has 1 fully saturated rings. The van der Waals surface area contributed by atoms with E-state index in [0.29, 0.717) is 5.41 Å². The van der Waals surface area contributed by atoms with E-state index in [1.165, 1.54) is 30.4 Å².